The number of benzene rings is 2. The Labute approximate surface area is 195 Å². The minimum Gasteiger partial charge on any atom is -0.493 e. The maximum atomic E-state index is 14.0. The van der Waals surface area contributed by atoms with Crippen molar-refractivity contribution in [2.45, 2.75) is 46.1 Å². The molecule has 0 unspecified atom stereocenters. The van der Waals surface area contributed by atoms with E-state index in [1.807, 2.05) is 17.0 Å². The molecule has 0 bridgehead atoms. The largest absolute Gasteiger partial charge is 0.493 e. The number of ether oxygens (including phenoxy) is 1. The van der Waals surface area contributed by atoms with Crippen LogP contribution >= 0.6 is 0 Å². The highest BCUT2D eigenvalue weighted by molar-refractivity contribution is 5.79. The molecule has 0 aromatic heterocycles. The molecule has 2 aliphatic heterocycles. The highest BCUT2D eigenvalue weighted by Crippen LogP contribution is 2.41. The third-order valence-electron chi connectivity index (χ3n) is 7.00. The average Bonchev–Trinajstić information content (AvgIpc) is 3.21. The van der Waals surface area contributed by atoms with E-state index in [9.17, 15) is 13.6 Å². The lowest BCUT2D eigenvalue weighted by atomic mass is 9.77. The molecule has 4 rings (SSSR count). The van der Waals surface area contributed by atoms with Crippen LogP contribution in [0.1, 0.15) is 44.2 Å². The summed E-state index contributed by atoms with van der Waals surface area (Å²) in [7, 11) is 0. The quantitative estimate of drug-likeness (QED) is 0.584. The number of likely N-dealkylation sites (tertiary alicyclic amines) is 2. The Kier molecular flexibility index (Phi) is 7.32. The molecule has 2 aromatic rings. The summed E-state index contributed by atoms with van der Waals surface area (Å²) in [6.45, 7) is 9.26. The summed E-state index contributed by atoms with van der Waals surface area (Å²) < 4.78 is 33.4. The van der Waals surface area contributed by atoms with Crippen LogP contribution in [0.3, 0.4) is 0 Å². The molecule has 2 aromatic carbocycles. The predicted octanol–water partition coefficient (Wildman–Crippen LogP) is 5.06. The lowest BCUT2D eigenvalue weighted by Crippen LogP contribution is -2.42. The Morgan fingerprint density at radius 3 is 2.52 bits per heavy atom. The van der Waals surface area contributed by atoms with Gasteiger partial charge < -0.3 is 9.64 Å². The molecule has 0 atom stereocenters. The molecule has 1 spiro atoms. The zero-order valence-electron chi connectivity index (χ0n) is 19.7. The van der Waals surface area contributed by atoms with Gasteiger partial charge in [-0.1, -0.05) is 32.0 Å². The molecule has 0 N–H and O–H groups in total. The first kappa shape index (κ1) is 23.7. The van der Waals surface area contributed by atoms with Crippen LogP contribution in [0.4, 0.5) is 8.78 Å². The Bertz CT molecular complexity index is 970. The van der Waals surface area contributed by atoms with Crippen LogP contribution < -0.4 is 4.74 Å². The van der Waals surface area contributed by atoms with E-state index in [2.05, 4.69) is 30.9 Å². The van der Waals surface area contributed by atoms with Gasteiger partial charge in [-0.2, -0.15) is 0 Å². The van der Waals surface area contributed by atoms with E-state index in [4.69, 9.17) is 4.74 Å². The smallest absolute Gasteiger partial charge is 0.227 e. The Hall–Kier alpha value is -2.47. The van der Waals surface area contributed by atoms with Gasteiger partial charge in [-0.05, 0) is 68.0 Å². The second-order valence-electron chi connectivity index (χ2n) is 10.1. The van der Waals surface area contributed by atoms with Gasteiger partial charge in [0.25, 0.3) is 0 Å². The number of amides is 1. The van der Waals surface area contributed by atoms with E-state index in [-0.39, 0.29) is 23.3 Å². The molecule has 0 saturated carbocycles. The SMILES string of the molecule is CC(C)COc1ccccc1CN1CCC2(CC1)CCN(C(=O)Cc1cc(F)ccc1F)C2. The van der Waals surface area contributed by atoms with Crippen LogP contribution in [-0.4, -0.2) is 48.5 Å². The molecule has 6 heteroatoms. The molecule has 4 nitrogen and oxygen atoms in total. The van der Waals surface area contributed by atoms with Crippen molar-refractivity contribution in [3.8, 4) is 5.75 Å². The fourth-order valence-electron chi connectivity index (χ4n) is 4.97. The van der Waals surface area contributed by atoms with Crippen molar-refractivity contribution < 1.29 is 18.3 Å². The minimum absolute atomic E-state index is 0.0844. The van der Waals surface area contributed by atoms with Crippen molar-refractivity contribution in [3.63, 3.8) is 0 Å². The number of nitrogens with zero attached hydrogens (tertiary/aromatic N) is 2. The minimum atomic E-state index is -0.523. The zero-order valence-corrected chi connectivity index (χ0v) is 19.7. The van der Waals surface area contributed by atoms with Gasteiger partial charge in [0.1, 0.15) is 17.4 Å². The zero-order chi connectivity index (χ0) is 23.4. The first-order valence-corrected chi connectivity index (χ1v) is 12.0. The number of halogens is 2. The first-order chi connectivity index (χ1) is 15.8. The standard InChI is InChI=1S/C27H34F2N2O2/c1-20(2)18-33-25-6-4-3-5-21(25)17-30-12-9-27(10-13-30)11-14-31(19-27)26(32)16-22-15-23(28)7-8-24(22)29/h3-8,15,20H,9-14,16-19H2,1-2H3. The number of rotatable bonds is 7. The molecule has 2 fully saturated rings. The van der Waals surface area contributed by atoms with Gasteiger partial charge in [0.15, 0.2) is 0 Å². The van der Waals surface area contributed by atoms with E-state index in [1.165, 1.54) is 5.56 Å². The first-order valence-electron chi connectivity index (χ1n) is 12.0. The van der Waals surface area contributed by atoms with Gasteiger partial charge in [-0.3, -0.25) is 9.69 Å². The van der Waals surface area contributed by atoms with Crippen molar-refractivity contribution in [2.24, 2.45) is 11.3 Å². The summed E-state index contributed by atoms with van der Waals surface area (Å²) in [5.74, 6) is 0.298. The van der Waals surface area contributed by atoms with E-state index < -0.39 is 11.6 Å². The van der Waals surface area contributed by atoms with Gasteiger partial charge >= 0.3 is 0 Å². The number of hydrogen-bond acceptors (Lipinski definition) is 3. The molecule has 33 heavy (non-hydrogen) atoms. The Morgan fingerprint density at radius 2 is 1.76 bits per heavy atom. The summed E-state index contributed by atoms with van der Waals surface area (Å²) in [6, 6.07) is 11.6. The number of hydrogen-bond donors (Lipinski definition) is 0. The van der Waals surface area contributed by atoms with Crippen molar-refractivity contribution >= 4 is 5.91 Å². The van der Waals surface area contributed by atoms with Crippen LogP contribution in [0, 0.1) is 23.0 Å². The number of piperidine rings is 1. The number of para-hydroxylation sites is 1. The van der Waals surface area contributed by atoms with Crippen LogP contribution in [0.2, 0.25) is 0 Å². The molecular formula is C27H34F2N2O2. The van der Waals surface area contributed by atoms with Crippen molar-refractivity contribution in [2.75, 3.05) is 32.8 Å². The fraction of sp³-hybridized carbons (Fsp3) is 0.519. The maximum Gasteiger partial charge on any atom is 0.227 e. The van der Waals surface area contributed by atoms with Crippen molar-refractivity contribution in [1.29, 1.82) is 0 Å². The lowest BCUT2D eigenvalue weighted by Gasteiger charge is -2.39. The monoisotopic (exact) mass is 456 g/mol. The van der Waals surface area contributed by atoms with Gasteiger partial charge in [-0.25, -0.2) is 8.78 Å². The summed E-state index contributed by atoms with van der Waals surface area (Å²) in [6.07, 6.45) is 2.98. The molecule has 178 valence electrons. The average molecular weight is 457 g/mol. The van der Waals surface area contributed by atoms with Crippen LogP contribution in [-0.2, 0) is 17.8 Å². The van der Waals surface area contributed by atoms with E-state index >= 15 is 0 Å². The molecule has 2 heterocycles. The lowest BCUT2D eigenvalue weighted by molar-refractivity contribution is -0.130. The molecule has 2 aliphatic rings. The van der Waals surface area contributed by atoms with Crippen molar-refractivity contribution in [3.05, 3.63) is 65.2 Å². The maximum absolute atomic E-state index is 14.0. The van der Waals surface area contributed by atoms with Crippen LogP contribution in [0.5, 0.6) is 5.75 Å². The van der Waals surface area contributed by atoms with Crippen molar-refractivity contribution in [1.82, 2.24) is 9.80 Å². The normalized spacial score (nSPS) is 18.3. The van der Waals surface area contributed by atoms with E-state index in [0.29, 0.717) is 25.6 Å². The van der Waals surface area contributed by atoms with Gasteiger partial charge in [-0.15, -0.1) is 0 Å². The van der Waals surface area contributed by atoms with Gasteiger partial charge in [0, 0.05) is 30.8 Å². The summed E-state index contributed by atoms with van der Waals surface area (Å²) in [5.41, 5.74) is 1.49. The second-order valence-corrected chi connectivity index (χ2v) is 10.1. The molecule has 0 aliphatic carbocycles. The Morgan fingerprint density at radius 1 is 1.03 bits per heavy atom. The van der Waals surface area contributed by atoms with Crippen LogP contribution in [0.25, 0.3) is 0 Å². The summed E-state index contributed by atoms with van der Waals surface area (Å²) in [4.78, 5) is 17.1. The van der Waals surface area contributed by atoms with Gasteiger partial charge in [0.2, 0.25) is 5.91 Å². The highest BCUT2D eigenvalue weighted by atomic mass is 19.1. The number of carbonyl (C=O) groups excluding carboxylic acids is 1. The summed E-state index contributed by atoms with van der Waals surface area (Å²) >= 11 is 0. The second kappa shape index (κ2) is 10.2. The molecule has 2 saturated heterocycles. The third-order valence-corrected chi connectivity index (χ3v) is 7.00. The highest BCUT2D eigenvalue weighted by Gasteiger charge is 2.42. The Balaban J connectivity index is 1.30. The van der Waals surface area contributed by atoms with Gasteiger partial charge in [0.05, 0.1) is 13.0 Å². The molecular weight excluding hydrogens is 422 g/mol. The third kappa shape index (κ3) is 5.91. The van der Waals surface area contributed by atoms with Crippen LogP contribution in [0.15, 0.2) is 42.5 Å². The van der Waals surface area contributed by atoms with E-state index in [0.717, 1.165) is 62.8 Å². The predicted molar refractivity (Wildman–Crippen MR) is 125 cm³/mol. The topological polar surface area (TPSA) is 32.8 Å². The number of carbonyl (C=O) groups is 1. The molecule has 0 radical (unpaired) electrons. The molecule has 1 amide bonds. The fourth-order valence-corrected chi connectivity index (χ4v) is 4.97. The summed E-state index contributed by atoms with van der Waals surface area (Å²) in [5, 5.41) is 0. The van der Waals surface area contributed by atoms with E-state index in [1.54, 1.807) is 0 Å².